The van der Waals surface area contributed by atoms with Crippen LogP contribution in [-0.2, 0) is 11.3 Å². The number of nitrogens with zero attached hydrogens (tertiary/aromatic N) is 2. The van der Waals surface area contributed by atoms with E-state index in [1.807, 2.05) is 30.3 Å². The van der Waals surface area contributed by atoms with Crippen LogP contribution in [0.15, 0.2) is 83.5 Å². The van der Waals surface area contributed by atoms with Crippen molar-refractivity contribution in [3.05, 3.63) is 89.5 Å². The molecule has 1 aliphatic carbocycles. The van der Waals surface area contributed by atoms with Crippen molar-refractivity contribution in [3.8, 4) is 5.75 Å². The fourth-order valence-corrected chi connectivity index (χ4v) is 4.22. The molecule has 36 heavy (non-hydrogen) atoms. The molecule has 2 aromatic rings. The maximum Gasteiger partial charge on any atom is 0.416 e. The summed E-state index contributed by atoms with van der Waals surface area (Å²) in [6.45, 7) is -2.86. The Labute approximate surface area is 205 Å². The number of alkyl halides is 5. The van der Waals surface area contributed by atoms with Gasteiger partial charge in [-0.2, -0.15) is 27.1 Å². The predicted octanol–water partition coefficient (Wildman–Crippen LogP) is 4.61. The number of hydrogen-bond acceptors (Lipinski definition) is 4. The Hall–Kier alpha value is -3.80. The number of urea groups is 1. The number of amides is 2. The number of hydrogen-bond donors (Lipinski definition) is 1. The third-order valence-corrected chi connectivity index (χ3v) is 6.06. The van der Waals surface area contributed by atoms with Crippen molar-refractivity contribution in [2.45, 2.75) is 24.7 Å². The summed E-state index contributed by atoms with van der Waals surface area (Å²) in [5.41, 5.74) is 0.910. The van der Waals surface area contributed by atoms with Gasteiger partial charge in [-0.1, -0.05) is 42.5 Å². The van der Waals surface area contributed by atoms with E-state index in [-0.39, 0.29) is 34.3 Å². The summed E-state index contributed by atoms with van der Waals surface area (Å²) in [5, 5.41) is 8.07. The van der Waals surface area contributed by atoms with E-state index >= 15 is 0 Å². The number of halogens is 5. The summed E-state index contributed by atoms with van der Waals surface area (Å²) < 4.78 is 79.7. The van der Waals surface area contributed by atoms with Crippen molar-refractivity contribution in [2.24, 2.45) is 5.10 Å². The normalized spacial score (nSPS) is 19.7. The molecule has 0 radical (unpaired) electrons. The van der Waals surface area contributed by atoms with Crippen molar-refractivity contribution in [3.63, 3.8) is 0 Å². The lowest BCUT2D eigenvalue weighted by Gasteiger charge is -2.22. The summed E-state index contributed by atoms with van der Waals surface area (Å²) in [5.74, 6) is -0.401. The van der Waals surface area contributed by atoms with E-state index in [1.165, 1.54) is 12.1 Å². The smallest absolute Gasteiger partial charge is 0.416 e. The molecule has 12 heteroatoms. The molecule has 6 nitrogen and oxygen atoms in total. The van der Waals surface area contributed by atoms with Gasteiger partial charge in [0.05, 0.1) is 40.0 Å². The number of carbonyl (C=O) groups excluding carboxylic acids is 1. The Balaban J connectivity index is 1.57. The lowest BCUT2D eigenvalue weighted by Crippen LogP contribution is -2.45. The molecule has 1 aliphatic heterocycles. The molecule has 0 fully saturated rings. The van der Waals surface area contributed by atoms with Crippen molar-refractivity contribution in [1.29, 1.82) is 0 Å². The van der Waals surface area contributed by atoms with Crippen LogP contribution in [0.5, 0.6) is 5.75 Å². The minimum absolute atomic E-state index is 0.0354. The Kier molecular flexibility index (Phi) is 7.34. The molecule has 0 saturated carbocycles. The molecule has 2 aromatic carbocycles. The second kappa shape index (κ2) is 10.4. The summed E-state index contributed by atoms with van der Waals surface area (Å²) in [7, 11) is 0. The van der Waals surface area contributed by atoms with Crippen molar-refractivity contribution < 1.29 is 35.7 Å². The molecule has 0 spiro atoms. The lowest BCUT2D eigenvalue weighted by atomic mass is 9.90. The molecular formula is C24H18F5N3O3S. The van der Waals surface area contributed by atoms with Gasteiger partial charge in [0.1, 0.15) is 5.75 Å². The second-order valence-corrected chi connectivity index (χ2v) is 8.44. The highest BCUT2D eigenvalue weighted by Crippen LogP contribution is 2.31. The molecule has 188 valence electrons. The van der Waals surface area contributed by atoms with Crippen LogP contribution in [-0.4, -0.2) is 51.2 Å². The van der Waals surface area contributed by atoms with Crippen LogP contribution in [0.4, 0.5) is 26.7 Å². The summed E-state index contributed by atoms with van der Waals surface area (Å²) in [6.07, 6.45) is -2.02. The maximum atomic E-state index is 13.0. The summed E-state index contributed by atoms with van der Waals surface area (Å²) >= 11 is -0.137. The zero-order valence-electron chi connectivity index (χ0n) is 18.3. The number of rotatable bonds is 5. The lowest BCUT2D eigenvalue weighted by molar-refractivity contribution is -0.0882. The first kappa shape index (κ1) is 25.3. The molecule has 0 saturated heterocycles. The van der Waals surface area contributed by atoms with Gasteiger partial charge in [-0.05, 0) is 41.5 Å². The Morgan fingerprint density at radius 2 is 1.81 bits per heavy atom. The number of ether oxygens (including phenoxy) is 1. The van der Waals surface area contributed by atoms with Crippen LogP contribution in [0.3, 0.4) is 0 Å². The average Bonchev–Trinajstić information content (AvgIpc) is 3.30. The monoisotopic (exact) mass is 523 g/mol. The highest BCUT2D eigenvalue weighted by Gasteiger charge is 2.36. The number of carbonyl (C=O) groups is 1. The molecule has 1 heterocycles. The fourth-order valence-electron chi connectivity index (χ4n) is 3.81. The van der Waals surface area contributed by atoms with Crippen LogP contribution in [0, 0.1) is 0 Å². The zero-order chi connectivity index (χ0) is 25.9. The standard InChI is InChI=1S/C24H18F5N3O3S/c25-22(26)35-17-9-6-15(7-10-17)21-18(14-4-2-1-3-5-14)13-32(31-21)23(33)30-19-11-8-16(24(27,28)29)12-20(19)36-34/h1-12,18-19,22H,13H2,(H,30,33). The van der Waals surface area contributed by atoms with Crippen molar-refractivity contribution in [2.75, 3.05) is 6.54 Å². The van der Waals surface area contributed by atoms with E-state index < -0.39 is 30.4 Å². The van der Waals surface area contributed by atoms with E-state index in [1.54, 1.807) is 12.1 Å². The van der Waals surface area contributed by atoms with Crippen LogP contribution in [0.1, 0.15) is 17.0 Å². The largest absolute Gasteiger partial charge is 0.435 e. The van der Waals surface area contributed by atoms with Gasteiger partial charge in [0.25, 0.3) is 0 Å². The molecular weight excluding hydrogens is 505 g/mol. The van der Waals surface area contributed by atoms with Gasteiger partial charge in [-0.15, -0.1) is 0 Å². The van der Waals surface area contributed by atoms with Gasteiger partial charge in [0, 0.05) is 5.92 Å². The molecule has 1 N–H and O–H groups in total. The number of hydrazone groups is 1. The molecule has 2 amide bonds. The number of benzene rings is 2. The second-order valence-electron chi connectivity index (χ2n) is 7.80. The van der Waals surface area contributed by atoms with Gasteiger partial charge in [-0.25, -0.2) is 14.0 Å². The maximum absolute atomic E-state index is 13.0. The summed E-state index contributed by atoms with van der Waals surface area (Å²) in [6, 6.07) is 13.2. The fraction of sp³-hybridized carbons (Fsp3) is 0.208. The van der Waals surface area contributed by atoms with Gasteiger partial charge in [-0.3, -0.25) is 0 Å². The van der Waals surface area contributed by atoms with Crippen LogP contribution in [0.2, 0.25) is 0 Å². The highest BCUT2D eigenvalue weighted by molar-refractivity contribution is 7.67. The van der Waals surface area contributed by atoms with Gasteiger partial charge < -0.3 is 10.1 Å². The van der Waals surface area contributed by atoms with E-state index in [4.69, 9.17) is 0 Å². The third-order valence-electron chi connectivity index (χ3n) is 5.50. The van der Waals surface area contributed by atoms with E-state index in [0.717, 1.165) is 22.7 Å². The molecule has 4 rings (SSSR count). The highest BCUT2D eigenvalue weighted by atomic mass is 32.1. The van der Waals surface area contributed by atoms with Crippen molar-refractivity contribution >= 4 is 27.9 Å². The Morgan fingerprint density at radius 3 is 2.42 bits per heavy atom. The van der Waals surface area contributed by atoms with Crippen LogP contribution < -0.4 is 10.1 Å². The first-order valence-corrected chi connectivity index (χ1v) is 11.3. The Bertz CT molecular complexity index is 1270. The molecule has 2 unspecified atom stereocenters. The van der Waals surface area contributed by atoms with E-state index in [0.29, 0.717) is 17.4 Å². The predicted molar refractivity (Wildman–Crippen MR) is 124 cm³/mol. The molecule has 0 bridgehead atoms. The molecule has 2 aliphatic rings. The van der Waals surface area contributed by atoms with E-state index in [9.17, 15) is 31.0 Å². The molecule has 2 atom stereocenters. The minimum atomic E-state index is -4.63. The minimum Gasteiger partial charge on any atom is -0.435 e. The van der Waals surface area contributed by atoms with Crippen LogP contribution in [0.25, 0.3) is 0 Å². The first-order chi connectivity index (χ1) is 17.2. The van der Waals surface area contributed by atoms with Crippen LogP contribution >= 0.6 is 0 Å². The molecule has 0 aromatic heterocycles. The van der Waals surface area contributed by atoms with Gasteiger partial charge in [0.15, 0.2) is 0 Å². The number of nitrogens with one attached hydrogen (secondary N) is 1. The first-order valence-electron chi connectivity index (χ1n) is 10.6. The van der Waals surface area contributed by atoms with E-state index in [2.05, 4.69) is 15.2 Å². The number of allylic oxidation sites excluding steroid dienone is 2. The quantitative estimate of drug-likeness (QED) is 0.460. The third kappa shape index (κ3) is 5.70. The zero-order valence-corrected chi connectivity index (χ0v) is 19.1. The van der Waals surface area contributed by atoms with Gasteiger partial charge >= 0.3 is 18.8 Å². The Morgan fingerprint density at radius 1 is 1.11 bits per heavy atom. The summed E-state index contributed by atoms with van der Waals surface area (Å²) in [4.78, 5) is 12.8. The average molecular weight is 523 g/mol. The van der Waals surface area contributed by atoms with Gasteiger partial charge in [0.2, 0.25) is 0 Å². The van der Waals surface area contributed by atoms with Crippen molar-refractivity contribution in [1.82, 2.24) is 10.3 Å². The SMILES string of the molecule is O=S=C1C=C(C(F)(F)F)C=CC1NC(=O)N1CC(c2ccccc2)C(c2ccc(OC(F)F)cc2)=N1. The topological polar surface area (TPSA) is 71.0 Å².